The van der Waals surface area contributed by atoms with Gasteiger partial charge in [0.05, 0.1) is 30.5 Å². The van der Waals surface area contributed by atoms with Gasteiger partial charge in [0.2, 0.25) is 0 Å². The van der Waals surface area contributed by atoms with Crippen LogP contribution in [0.4, 0.5) is 0 Å². The molecule has 2 heterocycles. The second-order valence-corrected chi connectivity index (χ2v) is 8.20. The summed E-state index contributed by atoms with van der Waals surface area (Å²) in [5.74, 6) is -0.129. The van der Waals surface area contributed by atoms with Gasteiger partial charge in [-0.1, -0.05) is 18.1 Å². The minimum atomic E-state index is -0.622. The van der Waals surface area contributed by atoms with E-state index in [1.165, 1.54) is 7.11 Å². The summed E-state index contributed by atoms with van der Waals surface area (Å²) in [6.45, 7) is 4.12. The third-order valence-corrected chi connectivity index (χ3v) is 7.01. The average molecular weight is 358 g/mol. The number of cyclic esters (lactones) is 1. The lowest BCUT2D eigenvalue weighted by molar-refractivity contribution is -0.153. The first-order valence-electron chi connectivity index (χ1n) is 9.48. The number of carbonyl (C=O) groups is 2. The molecule has 0 amide bonds. The Morgan fingerprint density at radius 3 is 2.81 bits per heavy atom. The van der Waals surface area contributed by atoms with Crippen LogP contribution in [0.1, 0.15) is 64.0 Å². The Morgan fingerprint density at radius 2 is 2.12 bits per heavy atom. The van der Waals surface area contributed by atoms with Crippen molar-refractivity contribution in [3.63, 3.8) is 0 Å². The number of furan rings is 1. The molecule has 0 saturated carbocycles. The number of esters is 2. The Hall–Kier alpha value is -2.04. The van der Waals surface area contributed by atoms with Crippen molar-refractivity contribution in [1.29, 1.82) is 0 Å². The SMILES string of the molecule is COC(=O)[C@]1(C)CCCC2=C1CC[C@@H](C)[C@]21C[C@@H](c2ccoc2)OC1=O. The minimum Gasteiger partial charge on any atom is -0.472 e. The molecule has 0 unspecified atom stereocenters. The summed E-state index contributed by atoms with van der Waals surface area (Å²) in [5.41, 5.74) is 1.93. The molecule has 5 nitrogen and oxygen atoms in total. The molecule has 1 aromatic rings. The number of rotatable bonds is 2. The first-order valence-corrected chi connectivity index (χ1v) is 9.48. The van der Waals surface area contributed by atoms with Crippen molar-refractivity contribution < 1.29 is 23.5 Å². The average Bonchev–Trinajstić information content (AvgIpc) is 3.27. The Bertz CT molecular complexity index is 761. The van der Waals surface area contributed by atoms with E-state index in [0.29, 0.717) is 6.42 Å². The predicted molar refractivity (Wildman–Crippen MR) is 94.0 cm³/mol. The summed E-state index contributed by atoms with van der Waals surface area (Å²) < 4.78 is 16.1. The zero-order chi connectivity index (χ0) is 18.5. The van der Waals surface area contributed by atoms with Crippen LogP contribution in [-0.4, -0.2) is 19.0 Å². The summed E-state index contributed by atoms with van der Waals surface area (Å²) in [4.78, 5) is 25.7. The molecule has 1 aliphatic heterocycles. The maximum Gasteiger partial charge on any atom is 0.317 e. The predicted octanol–water partition coefficient (Wildman–Crippen LogP) is 4.34. The van der Waals surface area contributed by atoms with Gasteiger partial charge >= 0.3 is 11.9 Å². The minimum absolute atomic E-state index is 0.141. The van der Waals surface area contributed by atoms with Gasteiger partial charge in [-0.2, -0.15) is 0 Å². The quantitative estimate of drug-likeness (QED) is 0.581. The van der Waals surface area contributed by atoms with Crippen LogP contribution in [0.15, 0.2) is 34.2 Å². The van der Waals surface area contributed by atoms with Gasteiger partial charge in [0.25, 0.3) is 0 Å². The van der Waals surface area contributed by atoms with E-state index in [9.17, 15) is 9.59 Å². The van der Waals surface area contributed by atoms with Gasteiger partial charge in [0, 0.05) is 12.0 Å². The molecule has 26 heavy (non-hydrogen) atoms. The van der Waals surface area contributed by atoms with Crippen LogP contribution in [0.2, 0.25) is 0 Å². The molecule has 3 aliphatic rings. The molecule has 4 rings (SSSR count). The van der Waals surface area contributed by atoms with Crippen molar-refractivity contribution in [1.82, 2.24) is 0 Å². The highest BCUT2D eigenvalue weighted by atomic mass is 16.6. The normalized spacial score (nSPS) is 36.8. The van der Waals surface area contributed by atoms with Crippen LogP contribution >= 0.6 is 0 Å². The van der Waals surface area contributed by atoms with E-state index < -0.39 is 10.8 Å². The van der Waals surface area contributed by atoms with E-state index in [2.05, 4.69) is 6.92 Å². The molecule has 140 valence electrons. The lowest BCUT2D eigenvalue weighted by Crippen LogP contribution is -2.45. The summed E-state index contributed by atoms with van der Waals surface area (Å²) in [7, 11) is 1.45. The van der Waals surface area contributed by atoms with Crippen molar-refractivity contribution in [3.05, 3.63) is 35.3 Å². The topological polar surface area (TPSA) is 65.7 Å². The van der Waals surface area contributed by atoms with Gasteiger partial charge in [-0.3, -0.25) is 9.59 Å². The van der Waals surface area contributed by atoms with Gasteiger partial charge < -0.3 is 13.9 Å². The molecule has 1 saturated heterocycles. The molecule has 0 aromatic carbocycles. The standard InChI is InChI=1S/C21H26O5/c1-13-6-7-15-16(5-4-9-20(15,2)18(22)24-3)21(13)11-17(26-19(21)23)14-8-10-25-12-14/h8,10,12-13,17H,4-7,9,11H2,1-3H3/t13-,17+,20-,21-/m1/s1. The van der Waals surface area contributed by atoms with Crippen LogP contribution in [0.25, 0.3) is 0 Å². The zero-order valence-electron chi connectivity index (χ0n) is 15.7. The fraction of sp³-hybridized carbons (Fsp3) is 0.619. The summed E-state index contributed by atoms with van der Waals surface area (Å²) >= 11 is 0. The van der Waals surface area contributed by atoms with E-state index in [1.54, 1.807) is 12.5 Å². The third kappa shape index (κ3) is 2.22. The van der Waals surface area contributed by atoms with Gasteiger partial charge in [-0.25, -0.2) is 0 Å². The van der Waals surface area contributed by atoms with E-state index >= 15 is 0 Å². The van der Waals surface area contributed by atoms with Crippen LogP contribution < -0.4 is 0 Å². The molecule has 1 fully saturated rings. The number of ether oxygens (including phenoxy) is 2. The summed E-state index contributed by atoms with van der Waals surface area (Å²) in [6.07, 6.45) is 7.89. The third-order valence-electron chi connectivity index (χ3n) is 7.01. The van der Waals surface area contributed by atoms with Gasteiger partial charge in [-0.15, -0.1) is 0 Å². The van der Waals surface area contributed by atoms with Crippen LogP contribution in [-0.2, 0) is 19.1 Å². The van der Waals surface area contributed by atoms with E-state index in [4.69, 9.17) is 13.9 Å². The number of carbonyl (C=O) groups excluding carboxylic acids is 2. The van der Waals surface area contributed by atoms with E-state index in [0.717, 1.165) is 48.8 Å². The van der Waals surface area contributed by atoms with Crippen LogP contribution in [0.3, 0.4) is 0 Å². The summed E-state index contributed by atoms with van der Waals surface area (Å²) in [5, 5.41) is 0. The number of fused-ring (bicyclic) bond motifs is 1. The monoisotopic (exact) mass is 358 g/mol. The molecule has 1 spiro atoms. The Balaban J connectivity index is 1.81. The molecule has 4 atom stereocenters. The zero-order valence-corrected chi connectivity index (χ0v) is 15.7. The van der Waals surface area contributed by atoms with Crippen LogP contribution in [0.5, 0.6) is 0 Å². The van der Waals surface area contributed by atoms with Gasteiger partial charge in [-0.05, 0) is 51.0 Å². The molecule has 1 aromatic heterocycles. The first-order chi connectivity index (χ1) is 12.4. The highest BCUT2D eigenvalue weighted by molar-refractivity contribution is 5.86. The highest BCUT2D eigenvalue weighted by Gasteiger charge is 2.60. The number of hydrogen-bond acceptors (Lipinski definition) is 5. The molecule has 2 aliphatic carbocycles. The Kier molecular flexibility index (Phi) is 4.01. The fourth-order valence-electron chi connectivity index (χ4n) is 5.47. The number of hydrogen-bond donors (Lipinski definition) is 0. The molecule has 0 bridgehead atoms. The van der Waals surface area contributed by atoms with Crippen molar-refractivity contribution in [2.75, 3.05) is 7.11 Å². The smallest absolute Gasteiger partial charge is 0.317 e. The molecule has 0 radical (unpaired) electrons. The second kappa shape index (κ2) is 6.00. The Morgan fingerprint density at radius 1 is 1.31 bits per heavy atom. The van der Waals surface area contributed by atoms with Gasteiger partial charge in [0.15, 0.2) is 0 Å². The van der Waals surface area contributed by atoms with Crippen molar-refractivity contribution in [2.24, 2.45) is 16.7 Å². The van der Waals surface area contributed by atoms with E-state index in [1.807, 2.05) is 13.0 Å². The molecule has 5 heteroatoms. The lowest BCUT2D eigenvalue weighted by atomic mass is 9.54. The second-order valence-electron chi connectivity index (χ2n) is 8.20. The largest absolute Gasteiger partial charge is 0.472 e. The van der Waals surface area contributed by atoms with Crippen molar-refractivity contribution in [3.8, 4) is 0 Å². The van der Waals surface area contributed by atoms with Crippen molar-refractivity contribution >= 4 is 11.9 Å². The maximum atomic E-state index is 13.2. The summed E-state index contributed by atoms with van der Waals surface area (Å²) in [6, 6.07) is 1.86. The molecule has 0 N–H and O–H groups in total. The van der Waals surface area contributed by atoms with E-state index in [-0.39, 0.29) is 24.0 Å². The highest BCUT2D eigenvalue weighted by Crippen LogP contribution is 2.61. The maximum absolute atomic E-state index is 13.2. The molecular weight excluding hydrogens is 332 g/mol. The lowest BCUT2D eigenvalue weighted by Gasteiger charge is -2.47. The Labute approximate surface area is 153 Å². The number of methoxy groups -OCH3 is 1. The van der Waals surface area contributed by atoms with Crippen molar-refractivity contribution in [2.45, 2.75) is 58.5 Å². The van der Waals surface area contributed by atoms with Crippen LogP contribution in [0, 0.1) is 16.7 Å². The fourth-order valence-corrected chi connectivity index (χ4v) is 5.47. The molecular formula is C21H26O5. The first kappa shape index (κ1) is 17.4. The van der Waals surface area contributed by atoms with Gasteiger partial charge in [0.1, 0.15) is 6.10 Å².